The minimum atomic E-state index is -1.30. The van der Waals surface area contributed by atoms with E-state index in [2.05, 4.69) is 26.6 Å². The molecule has 0 unspecified atom stereocenters. The van der Waals surface area contributed by atoms with E-state index in [0.717, 1.165) is 15.6 Å². The molecule has 33 heavy (non-hydrogen) atoms. The smallest absolute Gasteiger partial charge is 0.405 e. The topological polar surface area (TPSA) is 117 Å². The average Bonchev–Trinajstić information content (AvgIpc) is 2.79. The van der Waals surface area contributed by atoms with E-state index in [9.17, 15) is 14.4 Å². The summed E-state index contributed by atoms with van der Waals surface area (Å²) < 4.78 is 11.4. The summed E-state index contributed by atoms with van der Waals surface area (Å²) >= 11 is 3.41. The lowest BCUT2D eigenvalue weighted by Crippen LogP contribution is -2.50. The van der Waals surface area contributed by atoms with Crippen LogP contribution in [0.5, 0.6) is 11.5 Å². The number of carbonyl (C=O) groups excluding carboxylic acids is 2. The van der Waals surface area contributed by atoms with Crippen LogP contribution in [-0.4, -0.2) is 68.3 Å². The molecular weight excluding hydrogens is 494 g/mol. The average molecular weight is 522 g/mol. The molecule has 2 aromatic carbocycles. The lowest BCUT2D eigenvalue weighted by molar-refractivity contribution is -0.136. The molecule has 2 rings (SSSR count). The Bertz CT molecular complexity index is 970. The molecule has 0 radical (unpaired) electrons. The summed E-state index contributed by atoms with van der Waals surface area (Å²) in [6.45, 7) is 0.120. The van der Waals surface area contributed by atoms with Gasteiger partial charge in [-0.25, -0.2) is 4.79 Å². The van der Waals surface area contributed by atoms with Gasteiger partial charge in [-0.1, -0.05) is 30.3 Å². The van der Waals surface area contributed by atoms with Crippen LogP contribution in [0, 0.1) is 0 Å². The number of hydrogen-bond donors (Lipinski definition) is 3. The lowest BCUT2D eigenvalue weighted by Gasteiger charge is -2.23. The Labute approximate surface area is 201 Å². The molecule has 0 aliphatic rings. The van der Waals surface area contributed by atoms with Gasteiger partial charge in [-0.2, -0.15) is 0 Å². The van der Waals surface area contributed by atoms with Crippen LogP contribution in [0.3, 0.4) is 0 Å². The minimum absolute atomic E-state index is 0.184. The highest BCUT2D eigenvalue weighted by molar-refractivity contribution is 9.10. The molecule has 0 saturated carbocycles. The molecule has 0 heterocycles. The van der Waals surface area contributed by atoms with Crippen molar-refractivity contribution in [3.8, 4) is 11.5 Å². The highest BCUT2D eigenvalue weighted by Crippen LogP contribution is 2.32. The number of nitrogens with one attached hydrogen (secondary N) is 2. The van der Waals surface area contributed by atoms with Gasteiger partial charge in [0.05, 0.1) is 25.2 Å². The van der Waals surface area contributed by atoms with E-state index < -0.39 is 18.0 Å². The van der Waals surface area contributed by atoms with Gasteiger partial charge in [0.15, 0.2) is 0 Å². The molecule has 3 N–H and O–H groups in total. The first-order chi connectivity index (χ1) is 15.7. The summed E-state index contributed by atoms with van der Waals surface area (Å²) in [5.74, 6) is 0.462. The fourth-order valence-corrected chi connectivity index (χ4v) is 3.75. The molecule has 0 aliphatic heterocycles. The Kier molecular flexibility index (Phi) is 9.99. The molecule has 0 bridgehead atoms. The van der Waals surface area contributed by atoms with Gasteiger partial charge in [0.25, 0.3) is 0 Å². The second-order valence-corrected chi connectivity index (χ2v) is 8.14. The SMILES string of the molecule is COc1cc(CCNC(=O)CN(C)C(=O)[C@H](Cc2ccccc2)NC(=O)O)c(OC)cc1Br. The first-order valence-electron chi connectivity index (χ1n) is 10.2. The summed E-state index contributed by atoms with van der Waals surface area (Å²) in [5, 5.41) is 14.1. The Morgan fingerprint density at radius 2 is 1.76 bits per heavy atom. The van der Waals surface area contributed by atoms with Gasteiger partial charge in [0.1, 0.15) is 17.5 Å². The first kappa shape index (κ1) is 26.0. The van der Waals surface area contributed by atoms with E-state index in [1.165, 1.54) is 11.9 Å². The van der Waals surface area contributed by atoms with E-state index in [4.69, 9.17) is 14.6 Å². The molecule has 9 nitrogen and oxygen atoms in total. The third-order valence-corrected chi connectivity index (χ3v) is 5.53. The standard InChI is InChI=1S/C23H28BrN3O6/c1-27(22(29)18(26-23(30)31)11-15-7-5-4-6-8-15)14-21(28)25-10-9-16-12-20(33-3)17(24)13-19(16)32-2/h4-8,12-13,18,26H,9-11,14H2,1-3H3,(H,25,28)(H,30,31)/t18-/m0/s1. The number of likely N-dealkylation sites (N-methyl/N-ethyl adjacent to an activating group) is 1. The van der Waals surface area contributed by atoms with Crippen molar-refractivity contribution in [3.63, 3.8) is 0 Å². The van der Waals surface area contributed by atoms with Crippen LogP contribution >= 0.6 is 15.9 Å². The zero-order chi connectivity index (χ0) is 24.4. The quantitative estimate of drug-likeness (QED) is 0.418. The maximum atomic E-state index is 12.8. The van der Waals surface area contributed by atoms with Crippen LogP contribution in [0.4, 0.5) is 4.79 Å². The highest BCUT2D eigenvalue weighted by atomic mass is 79.9. The van der Waals surface area contributed by atoms with Crippen molar-refractivity contribution in [1.29, 1.82) is 0 Å². The zero-order valence-electron chi connectivity index (χ0n) is 18.8. The fraction of sp³-hybridized carbons (Fsp3) is 0.348. The van der Waals surface area contributed by atoms with Crippen LogP contribution < -0.4 is 20.1 Å². The maximum absolute atomic E-state index is 12.8. The molecule has 178 valence electrons. The number of carbonyl (C=O) groups is 3. The number of rotatable bonds is 11. The molecular formula is C23H28BrN3O6. The van der Waals surface area contributed by atoms with Crippen LogP contribution in [-0.2, 0) is 22.4 Å². The van der Waals surface area contributed by atoms with Gasteiger partial charge in [-0.3, -0.25) is 9.59 Å². The number of nitrogens with zero attached hydrogens (tertiary/aromatic N) is 1. The summed E-state index contributed by atoms with van der Waals surface area (Å²) in [4.78, 5) is 37.5. The van der Waals surface area contributed by atoms with Crippen molar-refractivity contribution in [2.75, 3.05) is 34.4 Å². The fourth-order valence-electron chi connectivity index (χ4n) is 3.27. The first-order valence-corrected chi connectivity index (χ1v) is 11.0. The van der Waals surface area contributed by atoms with Crippen molar-refractivity contribution in [1.82, 2.24) is 15.5 Å². The van der Waals surface area contributed by atoms with E-state index in [0.29, 0.717) is 24.5 Å². The van der Waals surface area contributed by atoms with Gasteiger partial charge in [-0.05, 0) is 45.6 Å². The largest absolute Gasteiger partial charge is 0.496 e. The number of ether oxygens (including phenoxy) is 2. The summed E-state index contributed by atoms with van der Waals surface area (Å²) in [5.41, 5.74) is 1.66. The normalized spacial score (nSPS) is 11.3. The Morgan fingerprint density at radius 1 is 1.09 bits per heavy atom. The predicted molar refractivity (Wildman–Crippen MR) is 127 cm³/mol. The van der Waals surface area contributed by atoms with Gasteiger partial charge in [0.2, 0.25) is 11.8 Å². The van der Waals surface area contributed by atoms with Crippen LogP contribution in [0.15, 0.2) is 46.9 Å². The summed E-state index contributed by atoms with van der Waals surface area (Å²) in [7, 11) is 4.59. The lowest BCUT2D eigenvalue weighted by atomic mass is 10.1. The van der Waals surface area contributed by atoms with E-state index in [1.54, 1.807) is 20.3 Å². The van der Waals surface area contributed by atoms with Crippen molar-refractivity contribution >= 4 is 33.8 Å². The van der Waals surface area contributed by atoms with Crippen LogP contribution in [0.2, 0.25) is 0 Å². The minimum Gasteiger partial charge on any atom is -0.496 e. The number of carboxylic acid groups (broad SMARTS) is 1. The van der Waals surface area contributed by atoms with E-state index >= 15 is 0 Å². The molecule has 0 aromatic heterocycles. The predicted octanol–water partition coefficient (Wildman–Crippen LogP) is 2.46. The number of hydrogen-bond acceptors (Lipinski definition) is 5. The second kappa shape index (κ2) is 12.7. The van der Waals surface area contributed by atoms with E-state index in [1.807, 2.05) is 36.4 Å². The number of amides is 3. The van der Waals surface area contributed by atoms with Crippen LogP contribution in [0.25, 0.3) is 0 Å². The summed E-state index contributed by atoms with van der Waals surface area (Å²) in [6, 6.07) is 11.7. The van der Waals surface area contributed by atoms with E-state index in [-0.39, 0.29) is 18.9 Å². The summed E-state index contributed by atoms with van der Waals surface area (Å²) in [6.07, 6.45) is -0.627. The Hall–Kier alpha value is -3.27. The molecule has 0 aliphatic carbocycles. The zero-order valence-corrected chi connectivity index (χ0v) is 20.3. The monoisotopic (exact) mass is 521 g/mol. The second-order valence-electron chi connectivity index (χ2n) is 7.28. The molecule has 0 saturated heterocycles. The van der Waals surface area contributed by atoms with Crippen molar-refractivity contribution in [2.45, 2.75) is 18.9 Å². The van der Waals surface area contributed by atoms with Crippen molar-refractivity contribution in [2.24, 2.45) is 0 Å². The molecule has 0 fully saturated rings. The number of benzene rings is 2. The van der Waals surface area contributed by atoms with Gasteiger partial charge < -0.3 is 30.1 Å². The number of methoxy groups -OCH3 is 2. The number of halogens is 1. The van der Waals surface area contributed by atoms with Crippen molar-refractivity contribution < 1.29 is 29.0 Å². The van der Waals surface area contributed by atoms with Crippen molar-refractivity contribution in [3.05, 3.63) is 58.1 Å². The highest BCUT2D eigenvalue weighted by Gasteiger charge is 2.25. The Morgan fingerprint density at radius 3 is 2.36 bits per heavy atom. The van der Waals surface area contributed by atoms with Crippen LogP contribution in [0.1, 0.15) is 11.1 Å². The molecule has 2 aromatic rings. The molecule has 0 spiro atoms. The molecule has 1 atom stereocenters. The Balaban J connectivity index is 1.93. The van der Waals surface area contributed by atoms with Gasteiger partial charge in [0, 0.05) is 20.0 Å². The maximum Gasteiger partial charge on any atom is 0.405 e. The van der Waals surface area contributed by atoms with Gasteiger partial charge >= 0.3 is 6.09 Å². The van der Waals surface area contributed by atoms with Gasteiger partial charge in [-0.15, -0.1) is 0 Å². The molecule has 10 heteroatoms. The third kappa shape index (κ3) is 7.98. The molecule has 3 amide bonds. The third-order valence-electron chi connectivity index (χ3n) is 4.91.